The van der Waals surface area contributed by atoms with Crippen molar-refractivity contribution in [1.82, 2.24) is 19.6 Å². The van der Waals surface area contributed by atoms with Crippen LogP contribution in [-0.4, -0.2) is 78.9 Å². The molecule has 0 atom stereocenters. The molecule has 0 aliphatic carbocycles. The maximum Gasteiger partial charge on any atom is 0.416 e. The van der Waals surface area contributed by atoms with Crippen molar-refractivity contribution < 1.29 is 27.5 Å². The molecule has 1 fully saturated rings. The number of likely N-dealkylation sites (N-methyl/N-ethyl adjacent to an activating group) is 1. The highest BCUT2D eigenvalue weighted by Crippen LogP contribution is 2.41. The van der Waals surface area contributed by atoms with Crippen molar-refractivity contribution in [2.75, 3.05) is 69.5 Å². The van der Waals surface area contributed by atoms with Gasteiger partial charge in [0.25, 0.3) is 5.56 Å². The van der Waals surface area contributed by atoms with Crippen molar-refractivity contribution in [1.29, 1.82) is 0 Å². The lowest BCUT2D eigenvalue weighted by Gasteiger charge is -2.34. The zero-order chi connectivity index (χ0) is 35.6. The van der Waals surface area contributed by atoms with Crippen LogP contribution >= 0.6 is 11.6 Å². The summed E-state index contributed by atoms with van der Waals surface area (Å²) >= 11 is 6.82. The summed E-state index contributed by atoms with van der Waals surface area (Å²) in [6.45, 7) is 3.59. The molecule has 15 heteroatoms. The van der Waals surface area contributed by atoms with Gasteiger partial charge in [-0.25, -0.2) is 4.98 Å². The van der Waals surface area contributed by atoms with Gasteiger partial charge in [-0.15, -0.1) is 4.73 Å². The molecule has 260 valence electrons. The molecule has 0 radical (unpaired) electrons. The molecule has 5 aromatic rings. The van der Waals surface area contributed by atoms with E-state index in [-0.39, 0.29) is 46.6 Å². The molecule has 50 heavy (non-hydrogen) atoms. The number of halogens is 4. The number of piperazine rings is 1. The number of nitrogens with zero attached hydrogens (tertiary/aromatic N) is 5. The number of carbonyl (C=O) groups is 1. The lowest BCUT2D eigenvalue weighted by molar-refractivity contribution is -0.137. The van der Waals surface area contributed by atoms with Crippen molar-refractivity contribution in [2.24, 2.45) is 0 Å². The summed E-state index contributed by atoms with van der Waals surface area (Å²) in [7, 11) is 3.57. The number of ketones is 1. The fourth-order valence-corrected chi connectivity index (χ4v) is 5.83. The average molecular weight is 708 g/mol. The number of alkyl halides is 3. The SMILES string of the molecule is COCCOn1c(=O)ccc2cnc(Nc3ccc(N4CCN(C)CC4)cc3-c3cc(C(=O)c4cccc(C(F)(F)F)c4)cc(N)c3Cl)nc21. The van der Waals surface area contributed by atoms with E-state index < -0.39 is 23.1 Å². The Morgan fingerprint density at radius 1 is 0.980 bits per heavy atom. The van der Waals surface area contributed by atoms with Crippen LogP contribution in [0.25, 0.3) is 22.2 Å². The fraction of sp³-hybridized carbons (Fsp3) is 0.257. The van der Waals surface area contributed by atoms with Crippen molar-refractivity contribution in [3.63, 3.8) is 0 Å². The van der Waals surface area contributed by atoms with E-state index in [2.05, 4.69) is 32.1 Å². The monoisotopic (exact) mass is 707 g/mol. The van der Waals surface area contributed by atoms with Gasteiger partial charge < -0.3 is 30.4 Å². The molecule has 0 amide bonds. The van der Waals surface area contributed by atoms with Crippen molar-refractivity contribution >= 4 is 51.4 Å². The predicted octanol–water partition coefficient (Wildman–Crippen LogP) is 5.51. The van der Waals surface area contributed by atoms with E-state index in [1.165, 1.54) is 43.6 Å². The van der Waals surface area contributed by atoms with E-state index in [0.29, 0.717) is 22.2 Å². The van der Waals surface area contributed by atoms with E-state index in [1.807, 2.05) is 18.2 Å². The molecule has 2 aromatic heterocycles. The number of methoxy groups -OCH3 is 1. The lowest BCUT2D eigenvalue weighted by atomic mass is 9.95. The molecule has 1 aliphatic rings. The first kappa shape index (κ1) is 34.7. The Hall–Kier alpha value is -5.18. The van der Waals surface area contributed by atoms with Crippen LogP contribution in [0.2, 0.25) is 5.02 Å². The Labute approximate surface area is 290 Å². The summed E-state index contributed by atoms with van der Waals surface area (Å²) in [5.74, 6) is -0.532. The second-order valence-corrected chi connectivity index (χ2v) is 12.1. The molecule has 3 aromatic carbocycles. The molecule has 0 saturated carbocycles. The number of rotatable bonds is 10. The second-order valence-electron chi connectivity index (χ2n) is 11.7. The number of fused-ring (bicyclic) bond motifs is 1. The molecule has 0 unspecified atom stereocenters. The molecule has 1 saturated heterocycles. The number of aromatic nitrogens is 3. The number of nitrogen functional groups attached to an aromatic ring is 1. The molecule has 1 aliphatic heterocycles. The third-order valence-corrected chi connectivity index (χ3v) is 8.75. The van der Waals surface area contributed by atoms with Crippen LogP contribution in [0.5, 0.6) is 0 Å². The summed E-state index contributed by atoms with van der Waals surface area (Å²) in [4.78, 5) is 45.4. The first-order valence-electron chi connectivity index (χ1n) is 15.6. The van der Waals surface area contributed by atoms with Crippen LogP contribution in [0.15, 0.2) is 77.7 Å². The zero-order valence-electron chi connectivity index (χ0n) is 27.1. The van der Waals surface area contributed by atoms with Crippen molar-refractivity contribution in [3.8, 4) is 11.1 Å². The van der Waals surface area contributed by atoms with Gasteiger partial charge in [-0.3, -0.25) is 9.59 Å². The average Bonchev–Trinajstić information content (AvgIpc) is 3.10. The van der Waals surface area contributed by atoms with Gasteiger partial charge in [0.05, 0.1) is 22.9 Å². The first-order chi connectivity index (χ1) is 23.9. The second kappa shape index (κ2) is 14.4. The third kappa shape index (κ3) is 7.37. The van der Waals surface area contributed by atoms with Crippen LogP contribution in [0.4, 0.5) is 36.2 Å². The number of pyridine rings is 1. The number of nitrogens with two attached hydrogens (primary N) is 1. The molecule has 0 spiro atoms. The Bertz CT molecular complexity index is 2120. The first-order valence-corrected chi connectivity index (χ1v) is 16.0. The Balaban J connectivity index is 1.45. The van der Waals surface area contributed by atoms with E-state index in [1.54, 1.807) is 6.07 Å². The Kier molecular flexibility index (Phi) is 9.95. The summed E-state index contributed by atoms with van der Waals surface area (Å²) in [5, 5.41) is 3.90. The number of carbonyl (C=O) groups excluding carboxylic acids is 1. The molecular formula is C35H33ClF3N7O4. The highest BCUT2D eigenvalue weighted by Gasteiger charge is 2.31. The number of nitrogens with one attached hydrogen (secondary N) is 1. The molecule has 3 heterocycles. The van der Waals surface area contributed by atoms with Crippen LogP contribution in [-0.2, 0) is 10.9 Å². The number of hydrogen-bond acceptors (Lipinski definition) is 10. The largest absolute Gasteiger partial charge is 0.416 e. The van der Waals surface area contributed by atoms with Gasteiger partial charge in [0.15, 0.2) is 11.4 Å². The number of anilines is 4. The molecule has 11 nitrogen and oxygen atoms in total. The Morgan fingerprint density at radius 3 is 2.50 bits per heavy atom. The lowest BCUT2D eigenvalue weighted by Crippen LogP contribution is -2.44. The van der Waals surface area contributed by atoms with Gasteiger partial charge in [0.2, 0.25) is 5.95 Å². The topological polar surface area (TPSA) is 128 Å². The standard InChI is InChI=1S/C35H33ClF3N7O4/c1-44-10-12-45(13-11-44)25-7-8-29(42-34-41-20-22-6-9-30(47)46(33(22)43-34)50-15-14-49-2)26(19-25)27-17-23(18-28(40)31(27)36)32(48)21-4-3-5-24(16-21)35(37,38)39/h3-9,16-20H,10-15,40H2,1-2H3,(H,41,42,43). The van der Waals surface area contributed by atoms with Gasteiger partial charge in [-0.2, -0.15) is 18.2 Å². The van der Waals surface area contributed by atoms with Crippen molar-refractivity contribution in [2.45, 2.75) is 6.18 Å². The van der Waals surface area contributed by atoms with E-state index in [9.17, 15) is 22.8 Å². The molecular weight excluding hydrogens is 675 g/mol. The van der Waals surface area contributed by atoms with Gasteiger partial charge >= 0.3 is 6.18 Å². The number of hydrogen-bond donors (Lipinski definition) is 2. The van der Waals surface area contributed by atoms with Gasteiger partial charge in [0, 0.05) is 84.6 Å². The fourth-order valence-electron chi connectivity index (χ4n) is 5.62. The van der Waals surface area contributed by atoms with Gasteiger partial charge in [-0.05, 0) is 55.6 Å². The van der Waals surface area contributed by atoms with Crippen molar-refractivity contribution in [3.05, 3.63) is 105 Å². The summed E-state index contributed by atoms with van der Waals surface area (Å²) in [6, 6.07) is 15.7. The maximum atomic E-state index is 13.6. The quantitative estimate of drug-likeness (QED) is 0.109. The van der Waals surface area contributed by atoms with E-state index in [4.69, 9.17) is 26.9 Å². The summed E-state index contributed by atoms with van der Waals surface area (Å²) in [5.41, 5.74) is 7.40. The maximum absolute atomic E-state index is 13.6. The minimum atomic E-state index is -4.62. The van der Waals surface area contributed by atoms with Crippen LogP contribution in [0.1, 0.15) is 21.5 Å². The molecule has 6 rings (SSSR count). The Morgan fingerprint density at radius 2 is 1.76 bits per heavy atom. The van der Waals surface area contributed by atoms with E-state index in [0.717, 1.165) is 48.7 Å². The normalized spacial score (nSPS) is 13.8. The van der Waals surface area contributed by atoms with Gasteiger partial charge in [0.1, 0.15) is 6.61 Å². The predicted molar refractivity (Wildman–Crippen MR) is 186 cm³/mol. The van der Waals surface area contributed by atoms with Crippen LogP contribution in [0.3, 0.4) is 0 Å². The minimum absolute atomic E-state index is 0.0522. The van der Waals surface area contributed by atoms with Crippen LogP contribution < -0.4 is 26.3 Å². The molecule has 3 N–H and O–H groups in total. The summed E-state index contributed by atoms with van der Waals surface area (Å²) < 4.78 is 46.5. The smallest absolute Gasteiger partial charge is 0.406 e. The number of benzene rings is 3. The third-order valence-electron chi connectivity index (χ3n) is 8.33. The van der Waals surface area contributed by atoms with Gasteiger partial charge in [-0.1, -0.05) is 23.7 Å². The van der Waals surface area contributed by atoms with Crippen LogP contribution in [0, 0.1) is 0 Å². The summed E-state index contributed by atoms with van der Waals surface area (Å²) in [6.07, 6.45) is -3.09. The highest BCUT2D eigenvalue weighted by atomic mass is 35.5. The van der Waals surface area contributed by atoms with E-state index >= 15 is 0 Å². The highest BCUT2D eigenvalue weighted by molar-refractivity contribution is 6.36. The zero-order valence-corrected chi connectivity index (χ0v) is 27.9. The number of ether oxygens (including phenoxy) is 1. The molecule has 0 bridgehead atoms. The minimum Gasteiger partial charge on any atom is -0.406 e.